The first-order chi connectivity index (χ1) is 7.72. The van der Waals surface area contributed by atoms with E-state index in [9.17, 15) is 4.79 Å². The van der Waals surface area contributed by atoms with Gasteiger partial charge >= 0.3 is 0 Å². The number of nitrogens with two attached hydrogens (primary N) is 1. The first-order valence-corrected chi connectivity index (χ1v) is 5.73. The molecule has 0 spiro atoms. The van der Waals surface area contributed by atoms with Gasteiger partial charge in [0.05, 0.1) is 11.9 Å². The molecule has 16 heavy (non-hydrogen) atoms. The van der Waals surface area contributed by atoms with Gasteiger partial charge in [0.15, 0.2) is 0 Å². The van der Waals surface area contributed by atoms with Crippen LogP contribution in [0.4, 0.5) is 11.5 Å². The number of anilines is 2. The first-order valence-electron chi connectivity index (χ1n) is 5.73. The Hall–Kier alpha value is -1.58. The van der Waals surface area contributed by atoms with Crippen molar-refractivity contribution in [2.75, 3.05) is 11.1 Å². The standard InChI is InChI=1S/C12H19N3O/c1-2-3-4-5-6-12(16)15-10-7-8-11(13)14-9-10/h7-9H,2-6H2,1H3,(H2,13,14)(H,15,16). The lowest BCUT2D eigenvalue weighted by Crippen LogP contribution is -2.11. The number of nitrogens with one attached hydrogen (secondary N) is 1. The average Bonchev–Trinajstić information content (AvgIpc) is 2.28. The number of hydrogen-bond donors (Lipinski definition) is 2. The van der Waals surface area contributed by atoms with E-state index in [2.05, 4.69) is 17.2 Å². The second kappa shape index (κ2) is 6.82. The van der Waals surface area contributed by atoms with Gasteiger partial charge in [0, 0.05) is 6.42 Å². The topological polar surface area (TPSA) is 68.0 Å². The highest BCUT2D eigenvalue weighted by molar-refractivity contribution is 5.90. The summed E-state index contributed by atoms with van der Waals surface area (Å²) < 4.78 is 0. The predicted molar refractivity (Wildman–Crippen MR) is 66.0 cm³/mol. The van der Waals surface area contributed by atoms with E-state index in [1.54, 1.807) is 18.3 Å². The Morgan fingerprint density at radius 3 is 2.81 bits per heavy atom. The van der Waals surface area contributed by atoms with Crippen molar-refractivity contribution < 1.29 is 4.79 Å². The van der Waals surface area contributed by atoms with Crippen LogP contribution < -0.4 is 11.1 Å². The molecule has 0 atom stereocenters. The number of nitrogen functional groups attached to an aromatic ring is 1. The molecule has 0 saturated heterocycles. The van der Waals surface area contributed by atoms with Crippen LogP contribution in [0.15, 0.2) is 18.3 Å². The molecule has 1 aromatic heterocycles. The van der Waals surface area contributed by atoms with E-state index in [4.69, 9.17) is 5.73 Å². The summed E-state index contributed by atoms with van der Waals surface area (Å²) in [5.74, 6) is 0.503. The molecular weight excluding hydrogens is 202 g/mol. The van der Waals surface area contributed by atoms with Crippen molar-refractivity contribution >= 4 is 17.4 Å². The molecule has 0 aliphatic heterocycles. The van der Waals surface area contributed by atoms with Crippen LogP contribution in [0.3, 0.4) is 0 Å². The van der Waals surface area contributed by atoms with Crippen molar-refractivity contribution in [3.05, 3.63) is 18.3 Å². The van der Waals surface area contributed by atoms with E-state index >= 15 is 0 Å². The summed E-state index contributed by atoms with van der Waals surface area (Å²) in [6, 6.07) is 3.43. The molecular formula is C12H19N3O. The maximum atomic E-state index is 11.5. The van der Waals surface area contributed by atoms with Crippen LogP contribution in [-0.4, -0.2) is 10.9 Å². The van der Waals surface area contributed by atoms with Crippen molar-refractivity contribution in [2.24, 2.45) is 0 Å². The van der Waals surface area contributed by atoms with Gasteiger partial charge in [0.1, 0.15) is 5.82 Å². The Bertz CT molecular complexity index is 322. The summed E-state index contributed by atoms with van der Waals surface area (Å²) in [4.78, 5) is 15.4. The number of carbonyl (C=O) groups is 1. The van der Waals surface area contributed by atoms with Crippen molar-refractivity contribution in [1.82, 2.24) is 4.98 Å². The molecule has 0 aliphatic carbocycles. The summed E-state index contributed by atoms with van der Waals surface area (Å²) in [7, 11) is 0. The Balaban J connectivity index is 2.26. The fourth-order valence-electron chi connectivity index (χ4n) is 1.42. The van der Waals surface area contributed by atoms with Gasteiger partial charge in [-0.05, 0) is 18.6 Å². The minimum absolute atomic E-state index is 0.0441. The number of aromatic nitrogens is 1. The highest BCUT2D eigenvalue weighted by Gasteiger charge is 2.01. The van der Waals surface area contributed by atoms with Crippen LogP contribution in [0.2, 0.25) is 0 Å². The van der Waals surface area contributed by atoms with Gasteiger partial charge in [-0.25, -0.2) is 4.98 Å². The van der Waals surface area contributed by atoms with Gasteiger partial charge in [-0.15, -0.1) is 0 Å². The molecule has 0 unspecified atom stereocenters. The van der Waals surface area contributed by atoms with Gasteiger partial charge in [-0.1, -0.05) is 26.2 Å². The van der Waals surface area contributed by atoms with Crippen LogP contribution >= 0.6 is 0 Å². The maximum absolute atomic E-state index is 11.5. The largest absolute Gasteiger partial charge is 0.384 e. The summed E-state index contributed by atoms with van der Waals surface area (Å²) in [6.07, 6.45) is 6.58. The smallest absolute Gasteiger partial charge is 0.224 e. The molecule has 0 radical (unpaired) electrons. The molecule has 0 bridgehead atoms. The third kappa shape index (κ3) is 4.77. The average molecular weight is 221 g/mol. The highest BCUT2D eigenvalue weighted by Crippen LogP contribution is 2.09. The lowest BCUT2D eigenvalue weighted by atomic mass is 10.1. The monoisotopic (exact) mass is 221 g/mol. The summed E-state index contributed by atoms with van der Waals surface area (Å²) >= 11 is 0. The van der Waals surface area contributed by atoms with Crippen LogP contribution in [0, 0.1) is 0 Å². The van der Waals surface area contributed by atoms with E-state index in [1.165, 1.54) is 12.8 Å². The van der Waals surface area contributed by atoms with Crippen LogP contribution in [0.25, 0.3) is 0 Å². The minimum atomic E-state index is 0.0441. The third-order valence-electron chi connectivity index (χ3n) is 2.33. The Labute approximate surface area is 96.3 Å². The molecule has 0 fully saturated rings. The van der Waals surface area contributed by atoms with Crippen LogP contribution in [0.5, 0.6) is 0 Å². The highest BCUT2D eigenvalue weighted by atomic mass is 16.1. The number of amides is 1. The summed E-state index contributed by atoms with van der Waals surface area (Å²) in [6.45, 7) is 2.15. The van der Waals surface area contributed by atoms with Gasteiger partial charge in [-0.3, -0.25) is 4.79 Å². The second-order valence-corrected chi connectivity index (χ2v) is 3.83. The van der Waals surface area contributed by atoms with Gasteiger partial charge < -0.3 is 11.1 Å². The number of pyridine rings is 1. The van der Waals surface area contributed by atoms with Gasteiger partial charge in [0.25, 0.3) is 0 Å². The number of rotatable bonds is 6. The molecule has 0 aliphatic rings. The predicted octanol–water partition coefficient (Wildman–Crippen LogP) is 2.57. The molecule has 4 nitrogen and oxygen atoms in total. The zero-order valence-corrected chi connectivity index (χ0v) is 9.70. The van der Waals surface area contributed by atoms with Gasteiger partial charge in [0.2, 0.25) is 5.91 Å². The number of nitrogens with zero attached hydrogens (tertiary/aromatic N) is 1. The fourth-order valence-corrected chi connectivity index (χ4v) is 1.42. The van der Waals surface area contributed by atoms with E-state index < -0.39 is 0 Å². The lowest BCUT2D eigenvalue weighted by Gasteiger charge is -2.04. The van der Waals surface area contributed by atoms with Crippen molar-refractivity contribution in [1.29, 1.82) is 0 Å². The Morgan fingerprint density at radius 1 is 1.38 bits per heavy atom. The quantitative estimate of drug-likeness (QED) is 0.725. The van der Waals surface area contributed by atoms with Gasteiger partial charge in [-0.2, -0.15) is 0 Å². The number of hydrogen-bond acceptors (Lipinski definition) is 3. The molecule has 1 rings (SSSR count). The van der Waals surface area contributed by atoms with E-state index in [0.717, 1.165) is 12.8 Å². The van der Waals surface area contributed by atoms with Crippen LogP contribution in [-0.2, 0) is 4.79 Å². The molecule has 88 valence electrons. The van der Waals surface area contributed by atoms with E-state index in [0.29, 0.717) is 17.9 Å². The number of carbonyl (C=O) groups excluding carboxylic acids is 1. The summed E-state index contributed by atoms with van der Waals surface area (Å²) in [5.41, 5.74) is 6.15. The zero-order chi connectivity index (χ0) is 11.8. The van der Waals surface area contributed by atoms with Crippen molar-refractivity contribution in [3.63, 3.8) is 0 Å². The SMILES string of the molecule is CCCCCCC(=O)Nc1ccc(N)nc1. The normalized spacial score (nSPS) is 10.1. The molecule has 0 aromatic carbocycles. The minimum Gasteiger partial charge on any atom is -0.384 e. The van der Waals surface area contributed by atoms with Crippen molar-refractivity contribution in [3.8, 4) is 0 Å². The Kier molecular flexibility index (Phi) is 5.32. The summed E-state index contributed by atoms with van der Waals surface area (Å²) in [5, 5.41) is 2.79. The van der Waals surface area contributed by atoms with E-state index in [1.807, 2.05) is 0 Å². The second-order valence-electron chi connectivity index (χ2n) is 3.83. The lowest BCUT2D eigenvalue weighted by molar-refractivity contribution is -0.116. The van der Waals surface area contributed by atoms with Crippen molar-refractivity contribution in [2.45, 2.75) is 39.0 Å². The molecule has 4 heteroatoms. The fraction of sp³-hybridized carbons (Fsp3) is 0.500. The third-order valence-corrected chi connectivity index (χ3v) is 2.33. The first kappa shape index (κ1) is 12.5. The maximum Gasteiger partial charge on any atom is 0.224 e. The molecule has 0 saturated carbocycles. The number of unbranched alkanes of at least 4 members (excludes halogenated alkanes) is 3. The van der Waals surface area contributed by atoms with E-state index in [-0.39, 0.29) is 5.91 Å². The Morgan fingerprint density at radius 2 is 2.19 bits per heavy atom. The molecule has 3 N–H and O–H groups in total. The van der Waals surface area contributed by atoms with Crippen LogP contribution in [0.1, 0.15) is 39.0 Å². The molecule has 1 heterocycles. The molecule has 1 aromatic rings. The molecule has 1 amide bonds. The zero-order valence-electron chi connectivity index (χ0n) is 9.70.